The average molecular weight is 330 g/mol. The van der Waals surface area contributed by atoms with Crippen molar-refractivity contribution in [3.8, 4) is 0 Å². The average Bonchev–Trinajstić information content (AvgIpc) is 3.18. The zero-order valence-electron chi connectivity index (χ0n) is 12.7. The van der Waals surface area contributed by atoms with E-state index in [1.54, 1.807) is 11.8 Å². The fourth-order valence-corrected chi connectivity index (χ4v) is 4.89. The Morgan fingerprint density at radius 1 is 1.32 bits per heavy atom. The third kappa shape index (κ3) is 2.37. The van der Waals surface area contributed by atoms with Crippen LogP contribution in [-0.4, -0.2) is 35.9 Å². The fourth-order valence-electron chi connectivity index (χ4n) is 2.83. The molecule has 2 aliphatic heterocycles. The summed E-state index contributed by atoms with van der Waals surface area (Å²) in [6, 6.07) is 8.62. The molecule has 2 aromatic rings. The van der Waals surface area contributed by atoms with Crippen LogP contribution >= 0.6 is 23.1 Å². The van der Waals surface area contributed by atoms with Crippen molar-refractivity contribution in [2.45, 2.75) is 20.0 Å². The number of benzene rings is 1. The monoisotopic (exact) mass is 330 g/mol. The predicted molar refractivity (Wildman–Crippen MR) is 96.4 cm³/mol. The van der Waals surface area contributed by atoms with Crippen molar-refractivity contribution in [3.63, 3.8) is 0 Å². The molecule has 114 valence electrons. The molecule has 5 heteroatoms. The molecule has 0 unspecified atom stereocenters. The summed E-state index contributed by atoms with van der Waals surface area (Å²) in [4.78, 5) is 8.27. The standard InChI is InChI=1S/C17H18N2OS2/c1-11(2)20-9-15-16(19-8-7-18-17(19)22-15)13-10-21-14-6-4-3-5-12(13)14/h3-6,10-11H,7-9H2,1-2H3. The van der Waals surface area contributed by atoms with Crippen molar-refractivity contribution in [3.05, 3.63) is 40.1 Å². The molecule has 0 amide bonds. The highest BCUT2D eigenvalue weighted by Gasteiger charge is 2.34. The molecular formula is C17H18N2OS2. The Morgan fingerprint density at radius 3 is 3.05 bits per heavy atom. The smallest absolute Gasteiger partial charge is 0.168 e. The van der Waals surface area contributed by atoms with Gasteiger partial charge in [-0.1, -0.05) is 30.0 Å². The van der Waals surface area contributed by atoms with E-state index in [4.69, 9.17) is 4.74 Å². The van der Waals surface area contributed by atoms with Crippen molar-refractivity contribution in [1.82, 2.24) is 4.90 Å². The second kappa shape index (κ2) is 5.72. The van der Waals surface area contributed by atoms with Crippen molar-refractivity contribution < 1.29 is 4.74 Å². The molecule has 0 atom stereocenters. The van der Waals surface area contributed by atoms with Crippen LogP contribution in [0.25, 0.3) is 15.8 Å². The van der Waals surface area contributed by atoms with Crippen LogP contribution in [0.3, 0.4) is 0 Å². The number of fused-ring (bicyclic) bond motifs is 2. The predicted octanol–water partition coefficient (Wildman–Crippen LogP) is 4.41. The van der Waals surface area contributed by atoms with Crippen LogP contribution in [0.4, 0.5) is 0 Å². The van der Waals surface area contributed by atoms with Gasteiger partial charge in [-0.05, 0) is 19.9 Å². The first kappa shape index (κ1) is 14.3. The maximum absolute atomic E-state index is 5.87. The molecule has 3 nitrogen and oxygen atoms in total. The van der Waals surface area contributed by atoms with Crippen LogP contribution in [0, 0.1) is 0 Å². The van der Waals surface area contributed by atoms with Crippen molar-refractivity contribution in [2.75, 3.05) is 19.7 Å². The van der Waals surface area contributed by atoms with Crippen LogP contribution < -0.4 is 0 Å². The summed E-state index contributed by atoms with van der Waals surface area (Å²) in [7, 11) is 0. The Kier molecular flexibility index (Phi) is 3.72. The number of rotatable bonds is 4. The van der Waals surface area contributed by atoms with Gasteiger partial charge in [0.1, 0.15) is 0 Å². The minimum absolute atomic E-state index is 0.242. The fraction of sp³-hybridized carbons (Fsp3) is 0.353. The molecule has 0 spiro atoms. The van der Waals surface area contributed by atoms with E-state index in [1.807, 2.05) is 11.3 Å². The molecule has 0 aliphatic carbocycles. The molecule has 1 aromatic heterocycles. The highest BCUT2D eigenvalue weighted by molar-refractivity contribution is 8.17. The molecule has 0 N–H and O–H groups in total. The van der Waals surface area contributed by atoms with Gasteiger partial charge in [0, 0.05) is 32.5 Å². The van der Waals surface area contributed by atoms with Gasteiger partial charge in [0.25, 0.3) is 0 Å². The molecule has 0 saturated carbocycles. The lowest BCUT2D eigenvalue weighted by molar-refractivity contribution is 0.101. The largest absolute Gasteiger partial charge is 0.373 e. The number of nitrogens with zero attached hydrogens (tertiary/aromatic N) is 2. The first-order valence-electron chi connectivity index (χ1n) is 7.55. The van der Waals surface area contributed by atoms with Gasteiger partial charge in [-0.15, -0.1) is 11.3 Å². The van der Waals surface area contributed by atoms with E-state index in [2.05, 4.69) is 53.4 Å². The summed E-state index contributed by atoms with van der Waals surface area (Å²) in [6.45, 7) is 6.70. The number of ether oxygens (including phenoxy) is 1. The van der Waals surface area contributed by atoms with Gasteiger partial charge in [-0.2, -0.15) is 0 Å². The zero-order valence-corrected chi connectivity index (χ0v) is 14.3. The minimum atomic E-state index is 0.242. The number of aliphatic imine (C=N–C) groups is 1. The summed E-state index contributed by atoms with van der Waals surface area (Å²) in [5.41, 5.74) is 2.63. The van der Waals surface area contributed by atoms with E-state index in [-0.39, 0.29) is 6.10 Å². The molecule has 22 heavy (non-hydrogen) atoms. The van der Waals surface area contributed by atoms with Gasteiger partial charge in [0.05, 0.1) is 25.0 Å². The van der Waals surface area contributed by atoms with E-state index < -0.39 is 0 Å². The van der Waals surface area contributed by atoms with Crippen LogP contribution in [0.1, 0.15) is 19.4 Å². The summed E-state index contributed by atoms with van der Waals surface area (Å²) < 4.78 is 7.21. The van der Waals surface area contributed by atoms with Gasteiger partial charge >= 0.3 is 0 Å². The molecule has 0 radical (unpaired) electrons. The second-order valence-electron chi connectivity index (χ2n) is 5.70. The topological polar surface area (TPSA) is 24.8 Å². The summed E-state index contributed by atoms with van der Waals surface area (Å²) in [6.07, 6.45) is 0.242. The highest BCUT2D eigenvalue weighted by Crippen LogP contribution is 2.44. The van der Waals surface area contributed by atoms with Crippen molar-refractivity contribution >= 4 is 44.0 Å². The lowest BCUT2D eigenvalue weighted by Crippen LogP contribution is -2.20. The molecule has 2 aliphatic rings. The van der Waals surface area contributed by atoms with E-state index in [0.717, 1.165) is 18.3 Å². The quantitative estimate of drug-likeness (QED) is 0.830. The van der Waals surface area contributed by atoms with E-state index in [9.17, 15) is 0 Å². The molecule has 3 heterocycles. The number of hydrogen-bond donors (Lipinski definition) is 0. The first-order valence-corrected chi connectivity index (χ1v) is 9.25. The lowest BCUT2D eigenvalue weighted by Gasteiger charge is -2.17. The molecular weight excluding hydrogens is 312 g/mol. The SMILES string of the molecule is CC(C)OCC1=C(c2csc3ccccc23)N2CCN=C2S1. The van der Waals surface area contributed by atoms with Gasteiger partial charge in [0.2, 0.25) is 0 Å². The second-order valence-corrected chi connectivity index (χ2v) is 7.67. The van der Waals surface area contributed by atoms with Crippen LogP contribution in [0.5, 0.6) is 0 Å². The number of thiophene rings is 1. The van der Waals surface area contributed by atoms with E-state index >= 15 is 0 Å². The normalized spacial score (nSPS) is 17.8. The van der Waals surface area contributed by atoms with Crippen LogP contribution in [0.2, 0.25) is 0 Å². The van der Waals surface area contributed by atoms with E-state index in [0.29, 0.717) is 6.61 Å². The van der Waals surface area contributed by atoms with E-state index in [1.165, 1.54) is 26.3 Å². The summed E-state index contributed by atoms with van der Waals surface area (Å²) >= 11 is 3.58. The van der Waals surface area contributed by atoms with Crippen LogP contribution in [-0.2, 0) is 4.74 Å². The number of thioether (sulfide) groups is 1. The summed E-state index contributed by atoms with van der Waals surface area (Å²) in [5.74, 6) is 0. The zero-order chi connectivity index (χ0) is 15.1. The maximum Gasteiger partial charge on any atom is 0.168 e. The minimum Gasteiger partial charge on any atom is -0.373 e. The number of hydrogen-bond acceptors (Lipinski definition) is 5. The van der Waals surface area contributed by atoms with Crippen molar-refractivity contribution in [1.29, 1.82) is 0 Å². The van der Waals surface area contributed by atoms with Gasteiger partial charge in [-0.3, -0.25) is 4.99 Å². The lowest BCUT2D eigenvalue weighted by atomic mass is 10.1. The van der Waals surface area contributed by atoms with Gasteiger partial charge < -0.3 is 9.64 Å². The van der Waals surface area contributed by atoms with Gasteiger partial charge in [-0.25, -0.2) is 0 Å². The van der Waals surface area contributed by atoms with Gasteiger partial charge in [0.15, 0.2) is 5.17 Å². The third-order valence-corrected chi connectivity index (χ3v) is 5.89. The molecule has 1 aromatic carbocycles. The molecule has 0 bridgehead atoms. The summed E-state index contributed by atoms with van der Waals surface area (Å²) in [5, 5.41) is 4.74. The van der Waals surface area contributed by atoms with Crippen LogP contribution in [0.15, 0.2) is 39.5 Å². The van der Waals surface area contributed by atoms with Crippen molar-refractivity contribution in [2.24, 2.45) is 4.99 Å². The highest BCUT2D eigenvalue weighted by atomic mass is 32.2. The Morgan fingerprint density at radius 2 is 2.18 bits per heavy atom. The molecule has 0 fully saturated rings. The Bertz CT molecular complexity index is 776. The number of amidine groups is 1. The molecule has 4 rings (SSSR count). The Balaban J connectivity index is 1.80. The maximum atomic E-state index is 5.87. The Labute approximate surface area is 138 Å². The third-order valence-electron chi connectivity index (χ3n) is 3.83. The first-order chi connectivity index (χ1) is 10.7. The molecule has 0 saturated heterocycles. The Hall–Kier alpha value is -1.30.